The van der Waals surface area contributed by atoms with E-state index in [0.29, 0.717) is 19.1 Å². The molecule has 0 amide bonds. The van der Waals surface area contributed by atoms with Crippen molar-refractivity contribution in [2.24, 2.45) is 0 Å². The van der Waals surface area contributed by atoms with Crippen LogP contribution in [0.5, 0.6) is 11.5 Å². The third kappa shape index (κ3) is 2.43. The number of aliphatic hydroxyl groups is 1. The molecule has 0 spiro atoms. The van der Waals surface area contributed by atoms with Crippen LogP contribution in [0.25, 0.3) is 0 Å². The van der Waals surface area contributed by atoms with Crippen LogP contribution in [-0.4, -0.2) is 18.3 Å². The Morgan fingerprint density at radius 1 is 1.29 bits per heavy atom. The Morgan fingerprint density at radius 3 is 2.53 bits per heavy atom. The summed E-state index contributed by atoms with van der Waals surface area (Å²) < 4.78 is 12.4. The minimum atomic E-state index is 0.0166. The Labute approximate surface area is 110 Å². The molecule has 94 valence electrons. The summed E-state index contributed by atoms with van der Waals surface area (Å²) in [6, 6.07) is 1.92. The average Bonchev–Trinajstić information content (AvgIpc) is 2.53. The van der Waals surface area contributed by atoms with Crippen molar-refractivity contribution >= 4 is 15.9 Å². The van der Waals surface area contributed by atoms with Crippen molar-refractivity contribution < 1.29 is 14.6 Å². The maximum absolute atomic E-state index is 9.45. The molecule has 0 fully saturated rings. The molecular formula is C13H17BrO3. The van der Waals surface area contributed by atoms with E-state index in [1.165, 1.54) is 0 Å². The second-order valence-electron chi connectivity index (χ2n) is 4.45. The Morgan fingerprint density at radius 2 is 1.94 bits per heavy atom. The third-order valence-corrected chi connectivity index (χ3v) is 3.43. The van der Waals surface area contributed by atoms with Crippen molar-refractivity contribution in [3.8, 4) is 11.5 Å². The summed E-state index contributed by atoms with van der Waals surface area (Å²) in [5.41, 5.74) is 1.95. The maximum Gasteiger partial charge on any atom is 0.175 e. The smallest absolute Gasteiger partial charge is 0.175 e. The molecule has 0 radical (unpaired) electrons. The molecule has 1 aromatic rings. The third-order valence-electron chi connectivity index (χ3n) is 2.84. The van der Waals surface area contributed by atoms with Gasteiger partial charge in [0.1, 0.15) is 0 Å². The zero-order valence-corrected chi connectivity index (χ0v) is 11.7. The molecule has 4 heteroatoms. The van der Waals surface area contributed by atoms with E-state index in [4.69, 9.17) is 9.47 Å². The van der Waals surface area contributed by atoms with E-state index in [0.717, 1.165) is 33.5 Å². The number of fused-ring (bicyclic) bond motifs is 1. The van der Waals surface area contributed by atoms with Gasteiger partial charge in [-0.25, -0.2) is 0 Å². The summed E-state index contributed by atoms with van der Waals surface area (Å²) in [7, 11) is 0. The van der Waals surface area contributed by atoms with Crippen LogP contribution in [0.1, 0.15) is 37.3 Å². The van der Waals surface area contributed by atoms with Crippen molar-refractivity contribution in [2.45, 2.75) is 32.8 Å². The van der Waals surface area contributed by atoms with Crippen LogP contribution < -0.4 is 9.47 Å². The van der Waals surface area contributed by atoms with Gasteiger partial charge in [0.05, 0.1) is 24.3 Å². The Hall–Kier alpha value is -0.740. The SMILES string of the molecule is CC(C)c1c(CO)cc(Br)c2c1OCCCO2. The molecule has 3 nitrogen and oxygen atoms in total. The van der Waals surface area contributed by atoms with E-state index in [-0.39, 0.29) is 6.61 Å². The van der Waals surface area contributed by atoms with E-state index in [9.17, 15) is 5.11 Å². The largest absolute Gasteiger partial charge is 0.489 e. The summed E-state index contributed by atoms with van der Waals surface area (Å²) >= 11 is 3.48. The number of ether oxygens (including phenoxy) is 2. The van der Waals surface area contributed by atoms with Crippen LogP contribution in [0.15, 0.2) is 10.5 Å². The molecule has 1 N–H and O–H groups in total. The maximum atomic E-state index is 9.45. The number of rotatable bonds is 2. The highest BCUT2D eigenvalue weighted by atomic mass is 79.9. The summed E-state index contributed by atoms with van der Waals surface area (Å²) in [5.74, 6) is 1.85. The van der Waals surface area contributed by atoms with Crippen LogP contribution in [0.2, 0.25) is 0 Å². The lowest BCUT2D eigenvalue weighted by Gasteiger charge is -2.19. The highest BCUT2D eigenvalue weighted by Gasteiger charge is 2.23. The monoisotopic (exact) mass is 300 g/mol. The first-order valence-electron chi connectivity index (χ1n) is 5.87. The van der Waals surface area contributed by atoms with E-state index >= 15 is 0 Å². The van der Waals surface area contributed by atoms with Crippen LogP contribution in [0, 0.1) is 0 Å². The first-order chi connectivity index (χ1) is 8.15. The van der Waals surface area contributed by atoms with Crippen LogP contribution in [0.4, 0.5) is 0 Å². The molecule has 1 heterocycles. The van der Waals surface area contributed by atoms with Gasteiger partial charge in [-0.2, -0.15) is 0 Å². The Bertz CT molecular complexity index is 416. The first-order valence-corrected chi connectivity index (χ1v) is 6.66. The lowest BCUT2D eigenvalue weighted by molar-refractivity contribution is 0.276. The zero-order chi connectivity index (χ0) is 12.4. The van der Waals surface area contributed by atoms with Crippen molar-refractivity contribution in [3.63, 3.8) is 0 Å². The first kappa shape index (κ1) is 12.7. The van der Waals surface area contributed by atoms with Gasteiger partial charge in [-0.3, -0.25) is 0 Å². The van der Waals surface area contributed by atoms with Gasteiger partial charge in [0.2, 0.25) is 0 Å². The van der Waals surface area contributed by atoms with E-state index in [2.05, 4.69) is 29.8 Å². The van der Waals surface area contributed by atoms with Gasteiger partial charge >= 0.3 is 0 Å². The van der Waals surface area contributed by atoms with Gasteiger partial charge in [0.15, 0.2) is 11.5 Å². The number of halogens is 1. The molecule has 1 aliphatic heterocycles. The molecular weight excluding hydrogens is 284 g/mol. The van der Waals surface area contributed by atoms with Crippen LogP contribution in [-0.2, 0) is 6.61 Å². The molecule has 0 aromatic heterocycles. The minimum Gasteiger partial charge on any atom is -0.489 e. The molecule has 0 bridgehead atoms. The molecule has 2 rings (SSSR count). The fraction of sp³-hybridized carbons (Fsp3) is 0.538. The highest BCUT2D eigenvalue weighted by Crippen LogP contribution is 2.44. The van der Waals surface area contributed by atoms with Gasteiger partial charge in [-0.15, -0.1) is 0 Å². The molecule has 0 saturated carbocycles. The van der Waals surface area contributed by atoms with Gasteiger partial charge < -0.3 is 14.6 Å². The molecule has 1 aliphatic rings. The summed E-state index contributed by atoms with van der Waals surface area (Å²) in [4.78, 5) is 0. The average molecular weight is 301 g/mol. The summed E-state index contributed by atoms with van der Waals surface area (Å²) in [5, 5.41) is 9.45. The predicted octanol–water partition coefficient (Wildman–Crippen LogP) is 3.23. The summed E-state index contributed by atoms with van der Waals surface area (Å²) in [6.45, 7) is 5.53. The second-order valence-corrected chi connectivity index (χ2v) is 5.31. The van der Waals surface area contributed by atoms with Gasteiger partial charge in [0, 0.05) is 12.0 Å². The molecule has 0 unspecified atom stereocenters. The predicted molar refractivity (Wildman–Crippen MR) is 69.8 cm³/mol. The van der Waals surface area contributed by atoms with Crippen molar-refractivity contribution in [1.29, 1.82) is 0 Å². The molecule has 0 saturated heterocycles. The molecule has 0 atom stereocenters. The van der Waals surface area contributed by atoms with Gasteiger partial charge in [0.25, 0.3) is 0 Å². The topological polar surface area (TPSA) is 38.7 Å². The number of hydrogen-bond acceptors (Lipinski definition) is 3. The van der Waals surface area contributed by atoms with Crippen LogP contribution in [0.3, 0.4) is 0 Å². The quantitative estimate of drug-likeness (QED) is 0.911. The lowest BCUT2D eigenvalue weighted by Crippen LogP contribution is -2.04. The Kier molecular flexibility index (Phi) is 3.94. The van der Waals surface area contributed by atoms with Crippen molar-refractivity contribution in [1.82, 2.24) is 0 Å². The second kappa shape index (κ2) is 5.27. The fourth-order valence-electron chi connectivity index (χ4n) is 2.12. The lowest BCUT2D eigenvalue weighted by atomic mass is 9.96. The van der Waals surface area contributed by atoms with Gasteiger partial charge in [-0.05, 0) is 33.5 Å². The minimum absolute atomic E-state index is 0.0166. The number of benzene rings is 1. The normalized spacial score (nSPS) is 14.9. The summed E-state index contributed by atoms with van der Waals surface area (Å²) in [6.07, 6.45) is 0.882. The molecule has 1 aromatic carbocycles. The van der Waals surface area contributed by atoms with E-state index < -0.39 is 0 Å². The van der Waals surface area contributed by atoms with E-state index in [1.807, 2.05) is 6.07 Å². The Balaban J connectivity index is 2.62. The standard InChI is InChI=1S/C13H17BrO3/c1-8(2)11-9(7-15)6-10(14)12-13(11)17-5-3-4-16-12/h6,8,15H,3-5,7H2,1-2H3. The van der Waals surface area contributed by atoms with Crippen molar-refractivity contribution in [2.75, 3.05) is 13.2 Å². The number of hydrogen-bond donors (Lipinski definition) is 1. The molecule has 17 heavy (non-hydrogen) atoms. The zero-order valence-electron chi connectivity index (χ0n) is 10.1. The van der Waals surface area contributed by atoms with Gasteiger partial charge in [-0.1, -0.05) is 13.8 Å². The van der Waals surface area contributed by atoms with Crippen molar-refractivity contribution in [3.05, 3.63) is 21.7 Å². The van der Waals surface area contributed by atoms with E-state index in [1.54, 1.807) is 0 Å². The number of aliphatic hydroxyl groups excluding tert-OH is 1. The highest BCUT2D eigenvalue weighted by molar-refractivity contribution is 9.10. The molecule has 0 aliphatic carbocycles. The van der Waals surface area contributed by atoms with Crippen LogP contribution >= 0.6 is 15.9 Å². The fourth-order valence-corrected chi connectivity index (χ4v) is 2.69.